The van der Waals surface area contributed by atoms with Gasteiger partial charge in [-0.15, -0.1) is 0 Å². The van der Waals surface area contributed by atoms with Crippen LogP contribution in [0.3, 0.4) is 0 Å². The summed E-state index contributed by atoms with van der Waals surface area (Å²) in [4.78, 5) is 0. The Morgan fingerprint density at radius 1 is 0.500 bits per heavy atom. The molecule has 0 saturated heterocycles. The molecule has 0 aliphatic heterocycles. The van der Waals surface area contributed by atoms with E-state index >= 15 is 0 Å². The Labute approximate surface area is 110 Å². The fourth-order valence-electron chi connectivity index (χ4n) is 0.727. The fraction of sp³-hybridized carbons (Fsp3) is 1.00. The van der Waals surface area contributed by atoms with Crippen LogP contribution >= 0.6 is 0 Å². The first kappa shape index (κ1) is 17.1. The van der Waals surface area contributed by atoms with E-state index in [4.69, 9.17) is 10.1 Å². The monoisotopic (exact) mass is 318 g/mol. The van der Waals surface area contributed by atoms with Gasteiger partial charge in [0.1, 0.15) is 0 Å². The van der Waals surface area contributed by atoms with Gasteiger partial charge in [0.2, 0.25) is 0 Å². The van der Waals surface area contributed by atoms with Crippen LogP contribution in [0.2, 0.25) is 58.9 Å². The Bertz CT molecular complexity index is 179. The topological polar surface area (TPSA) is 27.7 Å². The molecule has 0 fully saturated rings. The van der Waals surface area contributed by atoms with Gasteiger partial charge in [-0.25, -0.2) is 0 Å². The van der Waals surface area contributed by atoms with Gasteiger partial charge in [-0.05, 0) is 0 Å². The van der Waals surface area contributed by atoms with E-state index in [0.29, 0.717) is 0 Å². The first-order chi connectivity index (χ1) is 6.79. The molecule has 0 aliphatic carbocycles. The zero-order chi connectivity index (χ0) is 13.2. The molecule has 0 rings (SSSR count). The van der Waals surface area contributed by atoms with Crippen molar-refractivity contribution >= 4 is 25.0 Å². The second-order valence-corrected chi connectivity index (χ2v) is 23.3. The summed E-state index contributed by atoms with van der Waals surface area (Å²) in [5, 5.41) is 0. The standard InChI is InChI=1S/3C3H9OSi.V/c3*1-5(2,3)4;/h3*1-3H3;/q3*-1;+3. The maximum absolute atomic E-state index is 6.10. The van der Waals surface area contributed by atoms with Gasteiger partial charge in [0, 0.05) is 0 Å². The third-order valence-corrected chi connectivity index (χ3v) is 12.9. The fourth-order valence-corrected chi connectivity index (χ4v) is 10.4. The van der Waals surface area contributed by atoms with Crippen molar-refractivity contribution in [2.45, 2.75) is 58.9 Å². The summed E-state index contributed by atoms with van der Waals surface area (Å²) in [6.45, 7) is 19.7. The molecule has 0 N–H and O–H groups in total. The molecule has 0 amide bonds. The summed E-state index contributed by atoms with van der Waals surface area (Å²) in [6, 6.07) is 0. The Morgan fingerprint density at radius 3 is 0.812 bits per heavy atom. The number of hydrogen-bond acceptors (Lipinski definition) is 3. The first-order valence-corrected chi connectivity index (χ1v) is 17.6. The first-order valence-electron chi connectivity index (χ1n) is 5.66. The predicted molar refractivity (Wildman–Crippen MR) is 73.3 cm³/mol. The Hall–Kier alpha value is 1.12. The zero-order valence-electron chi connectivity index (χ0n) is 12.2. The molecule has 0 bridgehead atoms. The summed E-state index contributed by atoms with van der Waals surface area (Å²) in [7, 11) is -4.68. The van der Waals surface area contributed by atoms with Crippen molar-refractivity contribution in [1.82, 2.24) is 0 Å². The van der Waals surface area contributed by atoms with E-state index < -0.39 is 41.2 Å². The van der Waals surface area contributed by atoms with Crippen LogP contribution in [-0.4, -0.2) is 25.0 Å². The maximum atomic E-state index is 6.10. The van der Waals surface area contributed by atoms with Gasteiger partial charge in [0.15, 0.2) is 0 Å². The summed E-state index contributed by atoms with van der Waals surface area (Å²) in [5.41, 5.74) is 0. The van der Waals surface area contributed by atoms with Gasteiger partial charge >= 0.3 is 110 Å². The van der Waals surface area contributed by atoms with Crippen LogP contribution in [0.15, 0.2) is 0 Å². The third-order valence-electron chi connectivity index (χ3n) is 1.05. The summed E-state index contributed by atoms with van der Waals surface area (Å²) in [5.74, 6) is 0. The van der Waals surface area contributed by atoms with Crippen LogP contribution in [0.1, 0.15) is 0 Å². The molecule has 0 aliphatic rings. The second-order valence-electron chi connectivity index (χ2n) is 6.83. The van der Waals surface area contributed by atoms with Crippen molar-refractivity contribution in [2.75, 3.05) is 0 Å². The normalized spacial score (nSPS) is 14.6. The van der Waals surface area contributed by atoms with Crippen LogP contribution in [0.5, 0.6) is 0 Å². The predicted octanol–water partition coefficient (Wildman–Crippen LogP) is 3.90. The molecule has 16 heavy (non-hydrogen) atoms. The molecule has 0 spiro atoms. The molecule has 0 unspecified atom stereocenters. The number of rotatable bonds is 6. The molecule has 3 nitrogen and oxygen atoms in total. The molecular weight excluding hydrogens is 291 g/mol. The second kappa shape index (κ2) is 5.84. The van der Waals surface area contributed by atoms with E-state index in [1.165, 1.54) is 0 Å². The average molecular weight is 319 g/mol. The van der Waals surface area contributed by atoms with E-state index in [9.17, 15) is 0 Å². The SMILES string of the molecule is C[Si](C)(C)[O][V]([O][Si](C)(C)C)[O][Si](C)(C)C. The summed E-state index contributed by atoms with van der Waals surface area (Å²) in [6.07, 6.45) is 0. The van der Waals surface area contributed by atoms with E-state index in [-0.39, 0.29) is 0 Å². The van der Waals surface area contributed by atoms with Crippen LogP contribution in [-0.2, 0) is 26.3 Å². The molecule has 0 aromatic heterocycles. The van der Waals surface area contributed by atoms with E-state index in [0.717, 1.165) is 0 Å². The Balaban J connectivity index is 4.53. The van der Waals surface area contributed by atoms with Crippen molar-refractivity contribution in [2.24, 2.45) is 0 Å². The van der Waals surface area contributed by atoms with Crippen molar-refractivity contribution in [3.05, 3.63) is 0 Å². The van der Waals surface area contributed by atoms with E-state index in [1.54, 1.807) is 0 Å². The molecule has 0 radical (unpaired) electrons. The van der Waals surface area contributed by atoms with E-state index in [1.807, 2.05) is 0 Å². The van der Waals surface area contributed by atoms with Crippen molar-refractivity contribution in [3.63, 3.8) is 0 Å². The Morgan fingerprint density at radius 2 is 0.688 bits per heavy atom. The zero-order valence-corrected chi connectivity index (χ0v) is 16.6. The minimum absolute atomic E-state index is 1.56. The molecule has 0 aromatic carbocycles. The molecular formula is C9H27O3Si3V. The average Bonchev–Trinajstić information content (AvgIpc) is 1.70. The molecule has 0 saturated carbocycles. The van der Waals surface area contributed by atoms with Crippen LogP contribution in [0.25, 0.3) is 0 Å². The Kier molecular flexibility index (Phi) is 6.24. The molecule has 0 heterocycles. The molecule has 0 aromatic rings. The molecule has 0 atom stereocenters. The third kappa shape index (κ3) is 11.6. The van der Waals surface area contributed by atoms with Crippen molar-refractivity contribution < 1.29 is 26.3 Å². The quantitative estimate of drug-likeness (QED) is 0.695. The van der Waals surface area contributed by atoms with E-state index in [2.05, 4.69) is 58.9 Å². The minimum atomic E-state index is -2.00. The van der Waals surface area contributed by atoms with Crippen LogP contribution in [0, 0.1) is 0 Å². The van der Waals surface area contributed by atoms with Crippen LogP contribution in [0.4, 0.5) is 0 Å². The van der Waals surface area contributed by atoms with Gasteiger partial charge in [-0.3, -0.25) is 0 Å². The summed E-state index contributed by atoms with van der Waals surface area (Å²) >= 11 is -2.00. The molecule has 7 heteroatoms. The summed E-state index contributed by atoms with van der Waals surface area (Å²) < 4.78 is 18.3. The van der Waals surface area contributed by atoms with Crippen molar-refractivity contribution in [1.29, 1.82) is 0 Å². The van der Waals surface area contributed by atoms with Gasteiger partial charge in [0.25, 0.3) is 0 Å². The van der Waals surface area contributed by atoms with Gasteiger partial charge in [0.05, 0.1) is 0 Å². The number of hydrogen-bond donors (Lipinski definition) is 0. The molecule has 98 valence electrons. The van der Waals surface area contributed by atoms with Crippen molar-refractivity contribution in [3.8, 4) is 0 Å². The van der Waals surface area contributed by atoms with Crippen LogP contribution < -0.4 is 0 Å². The van der Waals surface area contributed by atoms with Gasteiger partial charge in [-0.2, -0.15) is 0 Å². The van der Waals surface area contributed by atoms with Gasteiger partial charge in [-0.1, -0.05) is 0 Å². The van der Waals surface area contributed by atoms with Gasteiger partial charge < -0.3 is 0 Å².